The molecular formula is C78H53N5O2. The molecule has 7 heteroatoms. The first kappa shape index (κ1) is 39.9. The van der Waals surface area contributed by atoms with E-state index in [4.69, 9.17) is 28.2 Å². The lowest BCUT2D eigenvalue weighted by atomic mass is 9.95. The maximum absolute atomic E-state index is 9.14. The van der Waals surface area contributed by atoms with Crippen molar-refractivity contribution in [2.24, 2.45) is 0 Å². The molecular weight excluding hydrogens is 1040 g/mol. The van der Waals surface area contributed by atoms with Crippen molar-refractivity contribution in [2.75, 3.05) is 16.5 Å². The topological polar surface area (TPSA) is 47.7 Å². The average Bonchev–Trinajstić information content (AvgIpc) is 1.73. The highest BCUT2D eigenvalue weighted by molar-refractivity contribution is 6.11. The van der Waals surface area contributed by atoms with E-state index in [1.165, 1.54) is 10.8 Å². The SMILES string of the molecule is [2H]c1c([2H])c([2H])c(-c2cccc(-c3c([2H])c([2H])c([2H])c([2H])c3[2H])c2N2CN(c3cccc(Oc4ccc5c6ccccc6n(-c6cc(Oc7c(-c8ccccc8)cc(-n8c9ccccc9c9ccccc98)cc7-c7ccccc7)ccn6)c5c4)c3)c3ccccc32)c([2H])c1[2H]. The molecule has 85 heavy (non-hydrogen) atoms. The number of anilines is 4. The number of hydrogen-bond acceptors (Lipinski definition) is 5. The van der Waals surface area contributed by atoms with Crippen molar-refractivity contribution >= 4 is 66.4 Å². The Morgan fingerprint density at radius 3 is 1.46 bits per heavy atom. The second-order valence-electron chi connectivity index (χ2n) is 20.7. The quantitative estimate of drug-likeness (QED) is 0.122. The highest BCUT2D eigenvalue weighted by Gasteiger charge is 2.32. The molecule has 1 aliphatic rings. The Balaban J connectivity index is 0.777. The van der Waals surface area contributed by atoms with Crippen LogP contribution < -0.4 is 19.3 Å². The van der Waals surface area contributed by atoms with Gasteiger partial charge in [0.15, 0.2) is 0 Å². The van der Waals surface area contributed by atoms with Gasteiger partial charge in [-0.25, -0.2) is 4.98 Å². The van der Waals surface area contributed by atoms with E-state index in [9.17, 15) is 0 Å². The van der Waals surface area contributed by atoms with Crippen molar-refractivity contribution in [3.8, 4) is 79.0 Å². The molecule has 15 aromatic rings. The summed E-state index contributed by atoms with van der Waals surface area (Å²) in [6, 6.07) is 75.3. The Morgan fingerprint density at radius 1 is 0.341 bits per heavy atom. The molecule has 0 radical (unpaired) electrons. The van der Waals surface area contributed by atoms with E-state index >= 15 is 0 Å². The smallest absolute Gasteiger partial charge is 0.143 e. The van der Waals surface area contributed by atoms with E-state index in [1.807, 2.05) is 131 Å². The van der Waals surface area contributed by atoms with Crippen molar-refractivity contribution in [3.05, 3.63) is 309 Å². The summed E-state index contributed by atoms with van der Waals surface area (Å²) >= 11 is 0. The van der Waals surface area contributed by atoms with Gasteiger partial charge in [-0.1, -0.05) is 212 Å². The number of para-hydroxylation sites is 6. The number of pyridine rings is 1. The fourth-order valence-corrected chi connectivity index (χ4v) is 12.2. The third kappa shape index (κ3) is 8.73. The highest BCUT2D eigenvalue weighted by atomic mass is 16.5. The lowest BCUT2D eigenvalue weighted by Gasteiger charge is -2.27. The molecule has 4 heterocycles. The van der Waals surface area contributed by atoms with Crippen LogP contribution in [0.4, 0.5) is 22.7 Å². The maximum Gasteiger partial charge on any atom is 0.143 e. The summed E-state index contributed by atoms with van der Waals surface area (Å²) in [5, 5.41) is 4.34. The molecule has 0 fully saturated rings. The molecule has 402 valence electrons. The summed E-state index contributed by atoms with van der Waals surface area (Å²) < 4.78 is 107. The monoisotopic (exact) mass is 1100 g/mol. The summed E-state index contributed by atoms with van der Waals surface area (Å²) in [6.45, 7) is 0.0844. The molecule has 0 saturated heterocycles. The van der Waals surface area contributed by atoms with Crippen molar-refractivity contribution in [1.82, 2.24) is 14.1 Å². The summed E-state index contributed by atoms with van der Waals surface area (Å²) in [6.07, 6.45) is 1.77. The van der Waals surface area contributed by atoms with Crippen LogP contribution in [0.25, 0.3) is 99.6 Å². The molecule has 1 aliphatic heterocycles. The molecule has 12 aromatic carbocycles. The van der Waals surface area contributed by atoms with Crippen molar-refractivity contribution in [1.29, 1.82) is 0 Å². The van der Waals surface area contributed by atoms with E-state index < -0.39 is 60.4 Å². The van der Waals surface area contributed by atoms with Gasteiger partial charge in [0.05, 0.1) is 52.8 Å². The van der Waals surface area contributed by atoms with Gasteiger partial charge in [-0.05, 0) is 95.1 Å². The molecule has 16 rings (SSSR count). The molecule has 0 bridgehead atoms. The van der Waals surface area contributed by atoms with Crippen LogP contribution in [-0.4, -0.2) is 20.8 Å². The van der Waals surface area contributed by atoms with Crippen LogP contribution in [-0.2, 0) is 0 Å². The summed E-state index contributed by atoms with van der Waals surface area (Å²) in [4.78, 5) is 8.97. The standard InChI is InChI=1S/C78H53N5O2/c1-5-23-53(24-6-1)62-36-22-37-63(54-25-7-2-8-26-54)77(62)81-52-80(73-41-19-20-42-74(73)81)57-31-21-32-59(47-57)84-60-43-44-67-66-35-15-18-40-72(66)83(75(67)50-60)76-51-61(45-46-79-76)85-78-68(55-27-9-3-10-28-55)48-58(49-69(78)56-29-11-4-12-30-56)82-70-38-16-13-33-64(70)65-34-14-17-39-71(65)82/h1-51H,52H2/i1D,2D,5D,6D,7D,8D,23D,24D,25D,26D. The Morgan fingerprint density at radius 2 is 0.847 bits per heavy atom. The van der Waals surface area contributed by atoms with Gasteiger partial charge in [-0.3, -0.25) is 4.57 Å². The summed E-state index contributed by atoms with van der Waals surface area (Å²) in [5.74, 6) is 2.95. The summed E-state index contributed by atoms with van der Waals surface area (Å²) in [5.41, 5.74) is 11.3. The Bertz CT molecular complexity index is 5380. The lowest BCUT2D eigenvalue weighted by molar-refractivity contribution is 0.483. The van der Waals surface area contributed by atoms with Gasteiger partial charge >= 0.3 is 0 Å². The zero-order chi connectivity index (χ0) is 64.9. The first-order chi connectivity index (χ1) is 46.3. The van der Waals surface area contributed by atoms with Crippen LogP contribution in [0, 0.1) is 0 Å². The predicted octanol–water partition coefficient (Wildman–Crippen LogP) is 20.8. The number of fused-ring (bicyclic) bond motifs is 7. The van der Waals surface area contributed by atoms with E-state index in [0.29, 0.717) is 40.2 Å². The second-order valence-corrected chi connectivity index (χ2v) is 20.7. The number of hydrogen-bond donors (Lipinski definition) is 0. The van der Waals surface area contributed by atoms with Crippen LogP contribution in [0.3, 0.4) is 0 Å². The Hall–Kier alpha value is -11.4. The number of rotatable bonds is 12. The third-order valence-corrected chi connectivity index (χ3v) is 15.8. The molecule has 3 aromatic heterocycles. The minimum atomic E-state index is -0.562. The van der Waals surface area contributed by atoms with Gasteiger partial charge in [0.2, 0.25) is 0 Å². The maximum atomic E-state index is 9.14. The highest BCUT2D eigenvalue weighted by Crippen LogP contribution is 2.51. The van der Waals surface area contributed by atoms with E-state index in [2.05, 4.69) is 112 Å². The minimum Gasteiger partial charge on any atom is -0.457 e. The first-order valence-electron chi connectivity index (χ1n) is 33.0. The molecule has 0 aliphatic carbocycles. The fraction of sp³-hybridized carbons (Fsp3) is 0.0128. The van der Waals surface area contributed by atoms with Crippen LogP contribution in [0.5, 0.6) is 23.0 Å². The fourth-order valence-electron chi connectivity index (χ4n) is 12.2. The molecule has 7 nitrogen and oxygen atoms in total. The molecule has 0 saturated carbocycles. The Labute approximate surface area is 506 Å². The van der Waals surface area contributed by atoms with Gasteiger partial charge in [0.1, 0.15) is 35.5 Å². The predicted molar refractivity (Wildman–Crippen MR) is 350 cm³/mol. The normalized spacial score (nSPS) is 13.8. The van der Waals surface area contributed by atoms with Gasteiger partial charge in [0.25, 0.3) is 0 Å². The van der Waals surface area contributed by atoms with Crippen molar-refractivity contribution in [2.45, 2.75) is 0 Å². The third-order valence-electron chi connectivity index (χ3n) is 15.8. The molecule has 0 amide bonds. The number of ether oxygens (including phenoxy) is 2. The first-order valence-corrected chi connectivity index (χ1v) is 28.0. The van der Waals surface area contributed by atoms with Crippen LogP contribution in [0.15, 0.2) is 309 Å². The van der Waals surface area contributed by atoms with E-state index in [0.717, 1.165) is 66.5 Å². The molecule has 0 spiro atoms. The van der Waals surface area contributed by atoms with Crippen LogP contribution in [0.1, 0.15) is 13.7 Å². The van der Waals surface area contributed by atoms with Crippen LogP contribution >= 0.6 is 0 Å². The van der Waals surface area contributed by atoms with E-state index in [-0.39, 0.29) is 34.6 Å². The molecule has 0 N–H and O–H groups in total. The van der Waals surface area contributed by atoms with E-state index in [1.54, 1.807) is 24.4 Å². The van der Waals surface area contributed by atoms with Gasteiger partial charge in [-0.15, -0.1) is 0 Å². The summed E-state index contributed by atoms with van der Waals surface area (Å²) in [7, 11) is 0. The largest absolute Gasteiger partial charge is 0.457 e. The molecule has 0 unspecified atom stereocenters. The van der Waals surface area contributed by atoms with Crippen LogP contribution in [0.2, 0.25) is 0 Å². The number of nitrogens with zero attached hydrogens (tertiary/aromatic N) is 5. The lowest BCUT2D eigenvalue weighted by Crippen LogP contribution is -2.24. The van der Waals surface area contributed by atoms with Gasteiger partial charge < -0.3 is 23.8 Å². The van der Waals surface area contributed by atoms with Crippen molar-refractivity contribution < 1.29 is 23.2 Å². The van der Waals surface area contributed by atoms with Gasteiger partial charge in [0, 0.05) is 79.6 Å². The number of benzene rings is 12. The zero-order valence-corrected chi connectivity index (χ0v) is 45.4. The van der Waals surface area contributed by atoms with Crippen molar-refractivity contribution in [3.63, 3.8) is 0 Å². The Kier molecular flexibility index (Phi) is 9.78. The molecule has 0 atom stereocenters. The second kappa shape index (κ2) is 20.8. The average molecular weight is 1100 g/mol. The van der Waals surface area contributed by atoms with Gasteiger partial charge in [-0.2, -0.15) is 0 Å². The zero-order valence-electron chi connectivity index (χ0n) is 55.4. The number of aromatic nitrogens is 3. The minimum absolute atomic E-state index is 0.0844.